The van der Waals surface area contributed by atoms with Gasteiger partial charge in [0.15, 0.2) is 6.04 Å². The number of ether oxygens (including phenoxy) is 2. The first kappa shape index (κ1) is 97.3. The molecule has 1 aliphatic carbocycles. The highest BCUT2D eigenvalue weighted by molar-refractivity contribution is 6.77. The van der Waals surface area contributed by atoms with Gasteiger partial charge in [0.25, 0.3) is 0 Å². The fourth-order valence-corrected chi connectivity index (χ4v) is 24.0. The molecule has 0 radical (unpaired) electrons. The summed E-state index contributed by atoms with van der Waals surface area (Å²) in [6.45, 7) is 49.3. The standard InChI is InChI=1S/C20H35NSi.C18H30N2Si.C18H35NSi.C17H35NOSi.C14H29NO3Si/c1-22(2,3)16-19(17-10-6-4-7-11-17)14-15-20(21)18-12-8-5-9-13-18;1-5-6-7-10-18(19)12-11-17(15-21(2,3)4)16-9-8-13-20-14-16;1-6-8-10-12-17(16-20(3,4)5)14-15-18(19)13-11-9-7-2;1-5-6-7-15(14-20(2,3)4)8-9-17(18)16-10-12-19-13-11-16;1-19(2,3)9-6-12(10-13(15)14(16)17)11-4-7-18-8-5-11/h5,8-9,12-13,17,19-20H,4,6-7,10-11,14-16,21H2,1-3H3;8-9,13-14,17-18H,5-6,11-12,15,19H2,1-4H3;11,13,17-18H,6-9,14-16,19H2,1-5H3;6-7,15-17H,5,8-14,18H2,1-4H3;11-13H,4-10,15H2,1-3H3,(H,16,17)/p+5/b;;13-11+;7-6+;. The van der Waals surface area contributed by atoms with E-state index in [-0.39, 0.29) is 6.04 Å². The number of carboxylic acid groups (broad SMARTS) is 1. The number of nitrogens with zero attached hydrogens (tertiary/aromatic N) is 1. The van der Waals surface area contributed by atoms with E-state index in [4.69, 9.17) is 14.6 Å². The molecule has 2 aromatic rings. The molecule has 0 bridgehead atoms. The summed E-state index contributed by atoms with van der Waals surface area (Å²) in [5.41, 5.74) is 23.9. The molecule has 3 heterocycles. The zero-order chi connectivity index (χ0) is 76.6. The maximum absolute atomic E-state index is 11.0. The van der Waals surface area contributed by atoms with Crippen molar-refractivity contribution in [3.63, 3.8) is 0 Å². The van der Waals surface area contributed by atoms with Crippen molar-refractivity contribution >= 4 is 46.3 Å². The number of unbranched alkanes of at least 4 members (excludes halogenated alkanes) is 3. The third-order valence-corrected chi connectivity index (χ3v) is 29.4. The number of quaternary nitrogens is 5. The van der Waals surface area contributed by atoms with Crippen LogP contribution in [0.3, 0.4) is 0 Å². The van der Waals surface area contributed by atoms with Gasteiger partial charge in [-0.25, -0.2) is 4.79 Å². The van der Waals surface area contributed by atoms with Gasteiger partial charge in [0.2, 0.25) is 0 Å². The Labute approximate surface area is 636 Å². The number of carbonyl (C=O) groups is 1. The van der Waals surface area contributed by atoms with E-state index in [1.807, 2.05) is 12.4 Å². The fourth-order valence-electron chi connectivity index (χ4n) is 15.1. The van der Waals surface area contributed by atoms with Gasteiger partial charge in [-0.05, 0) is 142 Å². The number of pyridine rings is 1. The van der Waals surface area contributed by atoms with Crippen LogP contribution in [0.1, 0.15) is 218 Å². The summed E-state index contributed by atoms with van der Waals surface area (Å²) in [6.07, 6.45) is 45.0. The van der Waals surface area contributed by atoms with Gasteiger partial charge in [-0.2, -0.15) is 0 Å². The van der Waals surface area contributed by atoms with Crippen LogP contribution in [0.25, 0.3) is 0 Å². The number of hydrogen-bond acceptors (Lipinski definition) is 4. The largest absolute Gasteiger partial charge is 0.477 e. The van der Waals surface area contributed by atoms with E-state index in [0.717, 1.165) is 101 Å². The number of carboxylic acids is 1. The smallest absolute Gasteiger partial charge is 0.362 e. The maximum atomic E-state index is 11.0. The molecule has 5 rings (SSSR count). The second-order valence-electron chi connectivity index (χ2n) is 37.5. The van der Waals surface area contributed by atoms with E-state index in [2.05, 4.69) is 250 Å². The molecule has 1 aromatic heterocycles. The summed E-state index contributed by atoms with van der Waals surface area (Å²) in [7, 11) is -5.13. The number of rotatable bonds is 38. The summed E-state index contributed by atoms with van der Waals surface area (Å²) in [5, 5.41) is 9.08. The van der Waals surface area contributed by atoms with Crippen LogP contribution < -0.4 is 28.7 Å². The molecule has 2 saturated heterocycles. The number of benzene rings is 1. The Morgan fingerprint density at radius 1 is 0.539 bits per heavy atom. The van der Waals surface area contributed by atoms with E-state index in [0.29, 0.717) is 41.8 Å². The first-order chi connectivity index (χ1) is 48.0. The predicted molar refractivity (Wildman–Crippen MR) is 457 cm³/mol. The van der Waals surface area contributed by atoms with Gasteiger partial charge < -0.3 is 43.2 Å². The van der Waals surface area contributed by atoms with Crippen LogP contribution in [0, 0.1) is 65.1 Å². The van der Waals surface area contributed by atoms with Crippen LogP contribution >= 0.6 is 0 Å². The molecule has 0 spiro atoms. The molecule has 1 saturated carbocycles. The van der Waals surface area contributed by atoms with Crippen LogP contribution in [0.5, 0.6) is 0 Å². The molecule has 10 nitrogen and oxygen atoms in total. The fraction of sp³-hybridized carbons (Fsp3) is 0.770. The van der Waals surface area contributed by atoms with Crippen molar-refractivity contribution in [3.8, 4) is 23.7 Å². The third-order valence-electron chi connectivity index (χ3n) is 20.7. The second-order valence-corrected chi connectivity index (χ2v) is 65.3. The van der Waals surface area contributed by atoms with Crippen molar-refractivity contribution in [1.82, 2.24) is 4.98 Å². The Morgan fingerprint density at radius 3 is 1.62 bits per heavy atom. The monoisotopic (exact) mass is 1500 g/mol. The van der Waals surface area contributed by atoms with E-state index < -0.39 is 52.4 Å². The van der Waals surface area contributed by atoms with Gasteiger partial charge in [0.05, 0.1) is 6.04 Å². The molecular weight excluding hydrogens is 1330 g/mol. The minimum absolute atomic E-state index is 0.261. The minimum atomic E-state index is -1.09. The molecule has 10 unspecified atom stereocenters. The van der Waals surface area contributed by atoms with Gasteiger partial charge in [-0.15, -0.1) is 11.8 Å². The molecule has 0 amide bonds. The topological polar surface area (TPSA) is 207 Å². The Hall–Kier alpha value is -2.76. The normalized spacial score (nSPS) is 18.2. The van der Waals surface area contributed by atoms with Gasteiger partial charge in [0, 0.05) is 142 Å². The lowest BCUT2D eigenvalue weighted by Crippen LogP contribution is -2.65. The maximum Gasteiger partial charge on any atom is 0.362 e. The van der Waals surface area contributed by atoms with Crippen molar-refractivity contribution in [2.24, 2.45) is 41.4 Å². The highest BCUT2D eigenvalue weighted by Gasteiger charge is 2.33. The molecule has 16 N–H and O–H groups in total. The summed E-state index contributed by atoms with van der Waals surface area (Å²) in [4.78, 5) is 15.3. The summed E-state index contributed by atoms with van der Waals surface area (Å²) in [5.74, 6) is 18.6. The summed E-state index contributed by atoms with van der Waals surface area (Å²) in [6, 6.07) is 23.4. The van der Waals surface area contributed by atoms with E-state index in [1.54, 1.807) is 0 Å². The lowest BCUT2D eigenvalue weighted by molar-refractivity contribution is -0.437. The van der Waals surface area contributed by atoms with Crippen LogP contribution in [-0.2, 0) is 14.3 Å². The highest BCUT2D eigenvalue weighted by Crippen LogP contribution is 2.39. The van der Waals surface area contributed by atoms with Crippen molar-refractivity contribution in [2.45, 2.75) is 359 Å². The Morgan fingerprint density at radius 2 is 1.10 bits per heavy atom. The highest BCUT2D eigenvalue weighted by atomic mass is 28.3. The first-order valence-corrected chi connectivity index (χ1v) is 60.3. The van der Waals surface area contributed by atoms with Crippen molar-refractivity contribution < 1.29 is 48.0 Å². The van der Waals surface area contributed by atoms with Crippen molar-refractivity contribution in [3.05, 3.63) is 90.3 Å². The van der Waals surface area contributed by atoms with Gasteiger partial charge >= 0.3 is 5.97 Å². The zero-order valence-electron chi connectivity index (χ0n) is 70.4. The predicted octanol–water partition coefficient (Wildman–Crippen LogP) is 19.0. The number of hydrogen-bond donors (Lipinski definition) is 6. The van der Waals surface area contributed by atoms with E-state index in [9.17, 15) is 4.79 Å². The molecule has 3 aliphatic rings. The summed E-state index contributed by atoms with van der Waals surface area (Å²) < 4.78 is 10.9. The molecule has 3 fully saturated rings. The van der Waals surface area contributed by atoms with Crippen LogP contribution in [0.15, 0.2) is 79.2 Å². The number of aromatic nitrogens is 1. The summed E-state index contributed by atoms with van der Waals surface area (Å²) >= 11 is 0. The quantitative estimate of drug-likeness (QED) is 0.0220. The number of allylic oxidation sites excluding steroid dienone is 3. The third kappa shape index (κ3) is 53.1. The van der Waals surface area contributed by atoms with E-state index >= 15 is 0 Å². The van der Waals surface area contributed by atoms with Crippen molar-refractivity contribution in [1.29, 1.82) is 0 Å². The molecule has 1 aromatic carbocycles. The average Bonchev–Trinajstić information content (AvgIpc) is 0.915. The van der Waals surface area contributed by atoms with Gasteiger partial charge in [0.1, 0.15) is 18.1 Å². The van der Waals surface area contributed by atoms with Gasteiger partial charge in [-0.3, -0.25) is 4.98 Å². The SMILES string of the molecule is CC/C=C/C(CCC([NH3+])C1CCOCC1)C[Si](C)(C)C.CCCC#CC(CCC([NH3+])/C=C/CCC)C[Si](C)(C)C.CCCC#CC([NH3+])CCC(C[Si](C)(C)C)c1cccnc1.C[Si](C)(C)CC(CCC([NH3+])c1ccccc1)C1CCCCC1.C[Si](C)(C)CCC(CC([NH3+])C(=O)O)C1CCOCC1. The Balaban J connectivity index is 0.000000638. The molecule has 586 valence electrons. The minimum Gasteiger partial charge on any atom is -0.477 e. The molecule has 10 atom stereocenters. The lowest BCUT2D eigenvalue weighted by atomic mass is 9.78. The molecular formula is C87H169N6O4Si5+5. The first-order valence-electron chi connectivity index (χ1n) is 41.8. The lowest BCUT2D eigenvalue weighted by Gasteiger charge is -2.34. The van der Waals surface area contributed by atoms with Crippen LogP contribution in [-0.4, -0.2) is 107 Å². The second kappa shape index (κ2) is 54.8. The Kier molecular flexibility index (Phi) is 52.2. The zero-order valence-corrected chi connectivity index (χ0v) is 75.4. The molecule has 2 aliphatic heterocycles. The van der Waals surface area contributed by atoms with Crippen LogP contribution in [0.4, 0.5) is 0 Å². The van der Waals surface area contributed by atoms with Crippen LogP contribution in [0.2, 0.25) is 128 Å². The molecule has 102 heavy (non-hydrogen) atoms. The average molecular weight is 1500 g/mol. The van der Waals surface area contributed by atoms with E-state index in [1.165, 1.54) is 157 Å². The molecule has 15 heteroatoms. The number of aliphatic carboxylic acids is 1. The van der Waals surface area contributed by atoms with Crippen molar-refractivity contribution in [2.75, 3.05) is 26.4 Å². The Bertz CT molecular complexity index is 2570. The van der Waals surface area contributed by atoms with Gasteiger partial charge in [-0.1, -0.05) is 256 Å².